The Hall–Kier alpha value is -4.46. The van der Waals surface area contributed by atoms with Crippen LogP contribution in [-0.2, 0) is 11.3 Å². The Morgan fingerprint density at radius 1 is 0.824 bits per heavy atom. The minimum absolute atomic E-state index is 0.0619. The fourth-order valence-electron chi connectivity index (χ4n) is 3.65. The van der Waals surface area contributed by atoms with Gasteiger partial charge in [-0.25, -0.2) is 4.79 Å². The van der Waals surface area contributed by atoms with Crippen LogP contribution in [0.15, 0.2) is 66.7 Å². The molecule has 0 atom stereocenters. The molecule has 3 aromatic rings. The van der Waals surface area contributed by atoms with E-state index < -0.39 is 30.2 Å². The van der Waals surface area contributed by atoms with E-state index >= 15 is 0 Å². The molecule has 0 saturated carbocycles. The monoisotopic (exact) mass is 459 g/mol. The molecule has 0 spiro atoms. The number of fused-ring (bicyclic) bond motifs is 1. The second kappa shape index (κ2) is 9.58. The smallest absolute Gasteiger partial charge is 0.338 e. The highest BCUT2D eigenvalue weighted by atomic mass is 16.5. The quantitative estimate of drug-likeness (QED) is 0.289. The molecular formula is C26H21NO7. The zero-order chi connectivity index (χ0) is 24.2. The number of methoxy groups -OCH3 is 2. The number of ketones is 1. The predicted octanol–water partition coefficient (Wildman–Crippen LogP) is 3.54. The Morgan fingerprint density at radius 3 is 2.26 bits per heavy atom. The maximum atomic E-state index is 12.8. The van der Waals surface area contributed by atoms with E-state index in [1.807, 2.05) is 30.3 Å². The molecule has 172 valence electrons. The van der Waals surface area contributed by atoms with Gasteiger partial charge in [-0.05, 0) is 42.0 Å². The van der Waals surface area contributed by atoms with Gasteiger partial charge in [-0.2, -0.15) is 0 Å². The molecule has 3 aromatic carbocycles. The van der Waals surface area contributed by atoms with Gasteiger partial charge in [0, 0.05) is 0 Å². The van der Waals surface area contributed by atoms with E-state index in [1.54, 1.807) is 12.1 Å². The first-order valence-corrected chi connectivity index (χ1v) is 10.4. The molecule has 0 bridgehead atoms. The Balaban J connectivity index is 1.47. The molecule has 8 heteroatoms. The average molecular weight is 459 g/mol. The molecule has 0 aliphatic carbocycles. The lowest BCUT2D eigenvalue weighted by Crippen LogP contribution is -2.29. The highest BCUT2D eigenvalue weighted by Crippen LogP contribution is 2.27. The summed E-state index contributed by atoms with van der Waals surface area (Å²) in [6.07, 6.45) is 0. The molecule has 0 radical (unpaired) electrons. The van der Waals surface area contributed by atoms with E-state index in [4.69, 9.17) is 14.2 Å². The largest absolute Gasteiger partial charge is 0.497 e. The number of amides is 2. The van der Waals surface area contributed by atoms with Gasteiger partial charge in [-0.15, -0.1) is 0 Å². The van der Waals surface area contributed by atoms with Crippen LogP contribution < -0.4 is 9.47 Å². The molecular weight excluding hydrogens is 438 g/mol. The van der Waals surface area contributed by atoms with Crippen molar-refractivity contribution in [2.45, 2.75) is 6.54 Å². The van der Waals surface area contributed by atoms with E-state index in [0.29, 0.717) is 11.5 Å². The molecule has 4 rings (SSSR count). The molecule has 0 N–H and O–H groups in total. The van der Waals surface area contributed by atoms with Crippen LogP contribution in [-0.4, -0.2) is 49.3 Å². The van der Waals surface area contributed by atoms with Gasteiger partial charge in [-0.3, -0.25) is 19.3 Å². The summed E-state index contributed by atoms with van der Waals surface area (Å²) in [6, 6.07) is 18.0. The van der Waals surface area contributed by atoms with Crippen LogP contribution in [0.4, 0.5) is 0 Å². The third kappa shape index (κ3) is 4.38. The summed E-state index contributed by atoms with van der Waals surface area (Å²) in [5.74, 6) is -1.41. The van der Waals surface area contributed by atoms with Gasteiger partial charge in [0.25, 0.3) is 11.8 Å². The molecule has 0 fully saturated rings. The Morgan fingerprint density at radius 2 is 1.56 bits per heavy atom. The van der Waals surface area contributed by atoms with Crippen molar-refractivity contribution in [1.82, 2.24) is 4.90 Å². The van der Waals surface area contributed by atoms with Crippen molar-refractivity contribution in [3.63, 3.8) is 0 Å². The average Bonchev–Trinajstić information content (AvgIpc) is 3.11. The predicted molar refractivity (Wildman–Crippen MR) is 121 cm³/mol. The number of carbonyl (C=O) groups excluding carboxylic acids is 4. The number of imide groups is 1. The lowest BCUT2D eigenvalue weighted by Gasteiger charge is -2.13. The van der Waals surface area contributed by atoms with Crippen molar-refractivity contribution in [2.24, 2.45) is 0 Å². The summed E-state index contributed by atoms with van der Waals surface area (Å²) >= 11 is 0. The Kier molecular flexibility index (Phi) is 6.40. The summed E-state index contributed by atoms with van der Waals surface area (Å²) < 4.78 is 15.5. The number of rotatable bonds is 8. The second-order valence-electron chi connectivity index (χ2n) is 7.51. The number of esters is 1. The van der Waals surface area contributed by atoms with Crippen molar-refractivity contribution in [3.05, 3.63) is 94.5 Å². The van der Waals surface area contributed by atoms with Crippen LogP contribution in [0.1, 0.15) is 47.0 Å². The number of nitrogens with zero attached hydrogens (tertiary/aromatic N) is 1. The molecule has 0 unspecified atom stereocenters. The van der Waals surface area contributed by atoms with E-state index in [9.17, 15) is 19.2 Å². The lowest BCUT2D eigenvalue weighted by atomic mass is 10.1. The van der Waals surface area contributed by atoms with Gasteiger partial charge in [0.05, 0.1) is 43.0 Å². The molecule has 34 heavy (non-hydrogen) atoms. The van der Waals surface area contributed by atoms with Gasteiger partial charge in [0.2, 0.25) is 5.78 Å². The second-order valence-corrected chi connectivity index (χ2v) is 7.51. The number of hydrogen-bond donors (Lipinski definition) is 0. The first-order chi connectivity index (χ1) is 16.4. The van der Waals surface area contributed by atoms with Crippen molar-refractivity contribution in [1.29, 1.82) is 0 Å². The molecule has 1 heterocycles. The Labute approximate surface area is 195 Å². The van der Waals surface area contributed by atoms with Gasteiger partial charge in [-0.1, -0.05) is 30.3 Å². The van der Waals surface area contributed by atoms with Gasteiger partial charge < -0.3 is 14.2 Å². The maximum Gasteiger partial charge on any atom is 0.338 e. The summed E-state index contributed by atoms with van der Waals surface area (Å²) in [4.78, 5) is 51.9. The summed E-state index contributed by atoms with van der Waals surface area (Å²) in [6.45, 7) is -0.406. The summed E-state index contributed by atoms with van der Waals surface area (Å²) in [7, 11) is 2.89. The molecule has 8 nitrogen and oxygen atoms in total. The zero-order valence-electron chi connectivity index (χ0n) is 18.6. The number of benzene rings is 3. The van der Waals surface area contributed by atoms with Crippen molar-refractivity contribution in [2.75, 3.05) is 20.8 Å². The highest BCUT2D eigenvalue weighted by Gasteiger charge is 2.36. The van der Waals surface area contributed by atoms with Crippen molar-refractivity contribution >= 4 is 23.6 Å². The molecule has 1 aliphatic rings. The van der Waals surface area contributed by atoms with Crippen LogP contribution in [0, 0.1) is 0 Å². The number of Topliss-reactive ketones (excluding diaryl/α,β-unsaturated/α-hetero) is 1. The van der Waals surface area contributed by atoms with Gasteiger partial charge >= 0.3 is 5.97 Å². The van der Waals surface area contributed by atoms with E-state index in [1.165, 1.54) is 38.5 Å². The third-order valence-corrected chi connectivity index (χ3v) is 5.43. The van der Waals surface area contributed by atoms with Crippen molar-refractivity contribution < 1.29 is 33.4 Å². The first kappa shape index (κ1) is 22.7. The molecule has 2 amide bonds. The zero-order valence-corrected chi connectivity index (χ0v) is 18.6. The topological polar surface area (TPSA) is 99.2 Å². The summed E-state index contributed by atoms with van der Waals surface area (Å²) in [5.41, 5.74) is 1.42. The third-order valence-electron chi connectivity index (χ3n) is 5.43. The molecule has 0 saturated heterocycles. The van der Waals surface area contributed by atoms with Gasteiger partial charge in [0.15, 0.2) is 6.61 Å². The number of carbonyl (C=O) groups is 4. The highest BCUT2D eigenvalue weighted by molar-refractivity contribution is 6.21. The fraction of sp³-hybridized carbons (Fsp3) is 0.154. The van der Waals surface area contributed by atoms with E-state index in [-0.39, 0.29) is 28.8 Å². The lowest BCUT2D eigenvalue weighted by molar-refractivity contribution is 0.0473. The normalized spacial score (nSPS) is 12.4. The number of hydrogen-bond acceptors (Lipinski definition) is 7. The van der Waals surface area contributed by atoms with Crippen molar-refractivity contribution in [3.8, 4) is 11.5 Å². The van der Waals surface area contributed by atoms with Crippen LogP contribution >= 0.6 is 0 Å². The van der Waals surface area contributed by atoms with Crippen LogP contribution in [0.25, 0.3) is 0 Å². The summed E-state index contributed by atoms with van der Waals surface area (Å²) in [5, 5.41) is 0. The Bertz CT molecular complexity index is 1280. The maximum absolute atomic E-state index is 12.8. The van der Waals surface area contributed by atoms with E-state index in [2.05, 4.69) is 0 Å². The fourth-order valence-corrected chi connectivity index (χ4v) is 3.65. The van der Waals surface area contributed by atoms with Crippen LogP contribution in [0.5, 0.6) is 11.5 Å². The molecule has 0 aromatic heterocycles. The van der Waals surface area contributed by atoms with Gasteiger partial charge in [0.1, 0.15) is 11.5 Å². The molecule has 1 aliphatic heterocycles. The minimum Gasteiger partial charge on any atom is -0.497 e. The van der Waals surface area contributed by atoms with E-state index in [0.717, 1.165) is 10.5 Å². The SMILES string of the molecule is COc1ccc(OC)c(C(=O)COC(=O)c2ccc3c(c2)C(=O)N(Cc2ccccc2)C3=O)c1. The standard InChI is InChI=1S/C26H21NO7/c1-32-18-9-11-23(33-2)21(13-18)22(28)15-34-26(31)17-8-10-19-20(12-17)25(30)27(24(19)29)14-16-6-4-3-5-7-16/h3-13H,14-15H2,1-2H3. The number of ether oxygens (including phenoxy) is 3. The van der Waals surface area contributed by atoms with Crippen LogP contribution in [0.3, 0.4) is 0 Å². The van der Waals surface area contributed by atoms with Crippen LogP contribution in [0.2, 0.25) is 0 Å². The minimum atomic E-state index is -0.792. The first-order valence-electron chi connectivity index (χ1n) is 10.4.